The van der Waals surface area contributed by atoms with E-state index in [9.17, 15) is 10.2 Å². The highest BCUT2D eigenvalue weighted by atomic mass is 16.5. The van der Waals surface area contributed by atoms with Crippen molar-refractivity contribution in [2.24, 2.45) is 17.3 Å². The van der Waals surface area contributed by atoms with Crippen molar-refractivity contribution in [3.63, 3.8) is 0 Å². The van der Waals surface area contributed by atoms with Crippen LogP contribution in [0.1, 0.15) is 89.9 Å². The Labute approximate surface area is 243 Å². The molecule has 3 spiro atoms. The Kier molecular flexibility index (Phi) is 8.78. The molecule has 9 atom stereocenters. The van der Waals surface area contributed by atoms with Crippen molar-refractivity contribution in [3.8, 4) is 0 Å². The Morgan fingerprint density at radius 1 is 0.850 bits per heavy atom. The van der Waals surface area contributed by atoms with Gasteiger partial charge in [-0.1, -0.05) is 74.3 Å². The van der Waals surface area contributed by atoms with E-state index in [1.165, 1.54) is 57.8 Å². The Balaban J connectivity index is 1.48. The van der Waals surface area contributed by atoms with Gasteiger partial charge in [-0.15, -0.1) is 0 Å². The molecule has 6 bridgehead atoms. The summed E-state index contributed by atoms with van der Waals surface area (Å²) in [6, 6.07) is 0.258. The highest BCUT2D eigenvalue weighted by Gasteiger charge is 2.89. The van der Waals surface area contributed by atoms with E-state index < -0.39 is 12.2 Å². The molecule has 5 heteroatoms. The number of aliphatic hydroxyl groups is 2. The fraction of sp³-hybridized carbons (Fsp3) is 0.771. The molecule has 0 amide bonds. The highest BCUT2D eigenvalue weighted by molar-refractivity contribution is 5.28. The van der Waals surface area contributed by atoms with Crippen molar-refractivity contribution in [3.05, 3.63) is 48.6 Å². The molecule has 0 aromatic carbocycles. The van der Waals surface area contributed by atoms with E-state index in [0.29, 0.717) is 11.8 Å². The Morgan fingerprint density at radius 3 is 2.50 bits per heavy atom. The summed E-state index contributed by atoms with van der Waals surface area (Å²) in [5.41, 5.74) is -0.342. The highest BCUT2D eigenvalue weighted by Crippen LogP contribution is 2.74. The molecule has 1 aliphatic carbocycles. The molecule has 0 aromatic rings. The summed E-state index contributed by atoms with van der Waals surface area (Å²) in [5.74, 6) is 1.06. The van der Waals surface area contributed by atoms with Gasteiger partial charge >= 0.3 is 0 Å². The number of hydrogen-bond acceptors (Lipinski definition) is 4. The minimum atomic E-state index is -0.868. The van der Waals surface area contributed by atoms with Crippen LogP contribution in [0.4, 0.5) is 0 Å². The summed E-state index contributed by atoms with van der Waals surface area (Å²) < 4.78 is 7.62. The fourth-order valence-corrected chi connectivity index (χ4v) is 11.2. The minimum absolute atomic E-state index is 0.0404. The maximum absolute atomic E-state index is 12.6. The largest absolute Gasteiger partial charge is 0.386 e. The predicted molar refractivity (Wildman–Crippen MR) is 162 cm³/mol. The minimum Gasteiger partial charge on any atom is -0.386 e. The summed E-state index contributed by atoms with van der Waals surface area (Å²) in [6.45, 7) is 4.35. The van der Waals surface area contributed by atoms with Gasteiger partial charge in [0.25, 0.3) is 0 Å². The van der Waals surface area contributed by atoms with Crippen LogP contribution >= 0.6 is 0 Å². The number of aliphatic hydroxyl groups excluding tert-OH is 2. The van der Waals surface area contributed by atoms with Gasteiger partial charge in [-0.25, -0.2) is 0 Å². The molecule has 0 radical (unpaired) electrons. The number of ether oxygens (including phenoxy) is 1. The first-order valence-corrected chi connectivity index (χ1v) is 16.7. The summed E-state index contributed by atoms with van der Waals surface area (Å²) in [5, 5.41) is 24.3. The third-order valence-electron chi connectivity index (χ3n) is 12.1. The molecule has 40 heavy (non-hydrogen) atoms. The monoisotopic (exact) mass is 551 g/mol. The van der Waals surface area contributed by atoms with Crippen LogP contribution in [0.25, 0.3) is 0 Å². The maximum Gasteiger partial charge on any atom is 0.200 e. The molecule has 6 aliphatic heterocycles. The molecular formula is C35H55N2O3+. The molecule has 1 saturated carbocycles. The van der Waals surface area contributed by atoms with Crippen LogP contribution in [0.5, 0.6) is 0 Å². The number of rotatable bonds is 1. The van der Waals surface area contributed by atoms with Crippen molar-refractivity contribution in [1.29, 1.82) is 0 Å². The summed E-state index contributed by atoms with van der Waals surface area (Å²) in [4.78, 5) is 2.81. The van der Waals surface area contributed by atoms with Crippen LogP contribution in [0.2, 0.25) is 0 Å². The van der Waals surface area contributed by atoms with Crippen molar-refractivity contribution >= 4 is 0 Å². The number of allylic oxidation sites excluding steroid dienone is 7. The molecule has 2 N–H and O–H groups in total. The zero-order chi connectivity index (χ0) is 27.6. The average molecular weight is 552 g/mol. The van der Waals surface area contributed by atoms with E-state index in [4.69, 9.17) is 4.74 Å². The maximum atomic E-state index is 12.6. The predicted octanol–water partition coefficient (Wildman–Crippen LogP) is 5.89. The van der Waals surface area contributed by atoms with E-state index in [2.05, 4.69) is 35.3 Å². The molecule has 7 aliphatic rings. The fourth-order valence-electron chi connectivity index (χ4n) is 11.2. The Hall–Kier alpha value is -1.24. The summed E-state index contributed by atoms with van der Waals surface area (Å²) in [7, 11) is 1.96. The number of nitrogens with zero attached hydrogens (tertiary/aromatic N) is 2. The second-order valence-electron chi connectivity index (χ2n) is 14.0. The van der Waals surface area contributed by atoms with E-state index >= 15 is 0 Å². The molecule has 4 saturated heterocycles. The Bertz CT molecular complexity index is 991. The van der Waals surface area contributed by atoms with Crippen LogP contribution < -0.4 is 0 Å². The van der Waals surface area contributed by atoms with Gasteiger partial charge < -0.3 is 14.9 Å². The SMILES string of the molecule is CO[C@@H]1[C@@]23CCCCCCC/C=C\CCCN4CC[C@@H]5[C@@H](C2)C[N+]12CCC/C=C\C/C=C\C=C\[C@H](O)[C@@H](O)[C@@]52[C@@H]43. The van der Waals surface area contributed by atoms with Crippen LogP contribution in [0.3, 0.4) is 0 Å². The standard InChI is InChI=1S/C35H55N2O3/c1-40-33-34-22-17-13-9-5-2-3-6-10-14-18-23-36-24-21-29-28(26-34)27-37(33)25-19-15-11-7-4-8-12-16-20-30(38)31(39)35(29,37)32(34)36/h6-8,10-12,16,20,28-33,38-39H,2-5,9,13-15,17-19,21-27H2,1H3/q+1/b10-6-,11-7-,12-8-,20-16+/t28-,29+,30-,31+,32-,33+,34-,35+,37?/m0/s1. The molecular weight excluding hydrogens is 496 g/mol. The van der Waals surface area contributed by atoms with Gasteiger partial charge in [0.15, 0.2) is 5.54 Å². The first-order chi connectivity index (χ1) is 19.6. The van der Waals surface area contributed by atoms with Crippen molar-refractivity contribution in [2.75, 3.05) is 33.3 Å². The van der Waals surface area contributed by atoms with Gasteiger partial charge in [-0.3, -0.25) is 9.38 Å². The quantitative estimate of drug-likeness (QED) is 0.315. The third kappa shape index (κ3) is 4.45. The van der Waals surface area contributed by atoms with Crippen LogP contribution in [-0.4, -0.2) is 82.9 Å². The lowest BCUT2D eigenvalue weighted by Gasteiger charge is -2.58. The number of hydrogen-bond donors (Lipinski definition) is 2. The van der Waals surface area contributed by atoms with E-state index in [1.807, 2.05) is 25.3 Å². The van der Waals surface area contributed by atoms with Crippen molar-refractivity contribution < 1.29 is 19.4 Å². The summed E-state index contributed by atoms with van der Waals surface area (Å²) >= 11 is 0. The van der Waals surface area contributed by atoms with Gasteiger partial charge in [-0.2, -0.15) is 0 Å². The topological polar surface area (TPSA) is 52.9 Å². The third-order valence-corrected chi connectivity index (χ3v) is 12.1. The second kappa shape index (κ2) is 12.2. The Morgan fingerprint density at radius 2 is 1.62 bits per heavy atom. The zero-order valence-corrected chi connectivity index (χ0v) is 25.0. The number of piperidine rings is 2. The number of methoxy groups -OCH3 is 1. The number of quaternary nitrogens is 1. The lowest BCUT2D eigenvalue weighted by atomic mass is 9.52. The molecule has 6 heterocycles. The lowest BCUT2D eigenvalue weighted by Crippen LogP contribution is -2.77. The van der Waals surface area contributed by atoms with Crippen molar-refractivity contribution in [1.82, 2.24) is 4.90 Å². The van der Waals surface area contributed by atoms with E-state index in [0.717, 1.165) is 62.8 Å². The molecule has 1 unspecified atom stereocenters. The molecule has 222 valence electrons. The lowest BCUT2D eigenvalue weighted by molar-refractivity contribution is -1.00. The van der Waals surface area contributed by atoms with Crippen molar-refractivity contribution in [2.45, 2.75) is 120 Å². The van der Waals surface area contributed by atoms with E-state index in [1.54, 1.807) is 0 Å². The van der Waals surface area contributed by atoms with Gasteiger partial charge in [0, 0.05) is 25.4 Å². The van der Waals surface area contributed by atoms with Crippen LogP contribution in [0.15, 0.2) is 48.6 Å². The molecule has 5 nitrogen and oxygen atoms in total. The first-order valence-electron chi connectivity index (χ1n) is 16.7. The van der Waals surface area contributed by atoms with Gasteiger partial charge in [0.05, 0.1) is 24.5 Å². The van der Waals surface area contributed by atoms with Gasteiger partial charge in [0.1, 0.15) is 12.2 Å². The van der Waals surface area contributed by atoms with Crippen LogP contribution in [0, 0.1) is 17.3 Å². The summed E-state index contributed by atoms with van der Waals surface area (Å²) in [6.07, 6.45) is 32.5. The first kappa shape index (κ1) is 28.9. The van der Waals surface area contributed by atoms with Crippen LogP contribution in [-0.2, 0) is 4.74 Å². The van der Waals surface area contributed by atoms with Gasteiger partial charge in [0.2, 0.25) is 6.23 Å². The smallest absolute Gasteiger partial charge is 0.200 e. The zero-order valence-electron chi connectivity index (χ0n) is 25.0. The second-order valence-corrected chi connectivity index (χ2v) is 14.0. The molecule has 7 rings (SSSR count). The molecule has 5 fully saturated rings. The normalized spacial score (nSPS) is 49.7. The van der Waals surface area contributed by atoms with Gasteiger partial charge in [-0.05, 0) is 70.9 Å². The molecule has 0 aromatic heterocycles. The average Bonchev–Trinajstić information content (AvgIpc) is 3.25. The van der Waals surface area contributed by atoms with E-state index in [-0.39, 0.29) is 23.2 Å².